The van der Waals surface area contributed by atoms with Gasteiger partial charge < -0.3 is 4.90 Å². The standard InChI is InChI=1S/C20H33NO/c1-19(22)21(2)18-14-9-7-5-3-4-6-8-11-15-20-16-12-10-13-17-20/h10,12-13,16-17H,3-9,11,14-15,18H2,1-2H3. The van der Waals surface area contributed by atoms with Gasteiger partial charge in [0.15, 0.2) is 0 Å². The number of carbonyl (C=O) groups is 1. The van der Waals surface area contributed by atoms with Crippen LogP contribution in [0.4, 0.5) is 0 Å². The molecule has 0 fully saturated rings. The Morgan fingerprint density at radius 2 is 1.32 bits per heavy atom. The third kappa shape index (κ3) is 9.59. The Balaban J connectivity index is 1.81. The Kier molecular flexibility index (Phi) is 10.4. The van der Waals surface area contributed by atoms with Crippen LogP contribution in [0.3, 0.4) is 0 Å². The lowest BCUT2D eigenvalue weighted by atomic mass is 10.0. The van der Waals surface area contributed by atoms with Crippen LogP contribution in [-0.4, -0.2) is 24.4 Å². The van der Waals surface area contributed by atoms with E-state index in [1.54, 1.807) is 6.92 Å². The van der Waals surface area contributed by atoms with Crippen molar-refractivity contribution < 1.29 is 4.79 Å². The highest BCUT2D eigenvalue weighted by atomic mass is 16.2. The molecule has 0 aliphatic heterocycles. The fourth-order valence-corrected chi connectivity index (χ4v) is 2.72. The van der Waals surface area contributed by atoms with Gasteiger partial charge in [0.05, 0.1) is 0 Å². The molecule has 0 aliphatic rings. The zero-order valence-electron chi connectivity index (χ0n) is 14.5. The summed E-state index contributed by atoms with van der Waals surface area (Å²) in [5.41, 5.74) is 1.47. The molecule has 0 radical (unpaired) electrons. The minimum absolute atomic E-state index is 0.176. The van der Waals surface area contributed by atoms with E-state index in [0.29, 0.717) is 0 Å². The number of unbranched alkanes of at least 4 members (excludes halogenated alkanes) is 8. The lowest BCUT2D eigenvalue weighted by Gasteiger charge is -2.13. The van der Waals surface area contributed by atoms with Crippen LogP contribution in [-0.2, 0) is 11.2 Å². The van der Waals surface area contributed by atoms with Crippen molar-refractivity contribution >= 4 is 5.91 Å². The normalized spacial score (nSPS) is 10.6. The number of nitrogens with zero attached hydrogens (tertiary/aromatic N) is 1. The summed E-state index contributed by atoms with van der Waals surface area (Å²) < 4.78 is 0. The van der Waals surface area contributed by atoms with Crippen LogP contribution in [0.5, 0.6) is 0 Å². The highest BCUT2D eigenvalue weighted by Gasteiger charge is 2.00. The molecular formula is C20H33NO. The van der Waals surface area contributed by atoms with E-state index in [4.69, 9.17) is 0 Å². The number of rotatable bonds is 12. The van der Waals surface area contributed by atoms with Gasteiger partial charge >= 0.3 is 0 Å². The summed E-state index contributed by atoms with van der Waals surface area (Å²) in [7, 11) is 1.89. The van der Waals surface area contributed by atoms with Crippen molar-refractivity contribution in [2.75, 3.05) is 13.6 Å². The van der Waals surface area contributed by atoms with E-state index in [2.05, 4.69) is 30.3 Å². The van der Waals surface area contributed by atoms with Gasteiger partial charge in [-0.15, -0.1) is 0 Å². The number of aryl methyl sites for hydroxylation is 1. The number of amides is 1. The molecule has 0 atom stereocenters. The topological polar surface area (TPSA) is 20.3 Å². The zero-order valence-corrected chi connectivity index (χ0v) is 14.5. The van der Waals surface area contributed by atoms with E-state index in [-0.39, 0.29) is 5.91 Å². The van der Waals surface area contributed by atoms with E-state index in [1.807, 2.05) is 11.9 Å². The van der Waals surface area contributed by atoms with Crippen molar-refractivity contribution in [3.63, 3.8) is 0 Å². The van der Waals surface area contributed by atoms with Crippen LogP contribution in [0.25, 0.3) is 0 Å². The van der Waals surface area contributed by atoms with Crippen LogP contribution in [0.15, 0.2) is 30.3 Å². The Bertz CT molecular complexity index is 388. The fraction of sp³-hybridized carbons (Fsp3) is 0.650. The van der Waals surface area contributed by atoms with Crippen LogP contribution < -0.4 is 0 Å². The summed E-state index contributed by atoms with van der Waals surface area (Å²) in [6.07, 6.45) is 13.1. The van der Waals surface area contributed by atoms with Gasteiger partial charge in [-0.1, -0.05) is 75.3 Å². The van der Waals surface area contributed by atoms with Crippen molar-refractivity contribution in [1.29, 1.82) is 0 Å². The van der Waals surface area contributed by atoms with Gasteiger partial charge in [-0.05, 0) is 24.8 Å². The molecule has 0 saturated heterocycles. The highest BCUT2D eigenvalue weighted by molar-refractivity contribution is 5.72. The molecule has 0 unspecified atom stereocenters. The molecule has 1 aromatic rings. The molecule has 2 nitrogen and oxygen atoms in total. The maximum absolute atomic E-state index is 11.1. The molecule has 1 rings (SSSR count). The quantitative estimate of drug-likeness (QED) is 0.485. The van der Waals surface area contributed by atoms with Gasteiger partial charge in [-0.2, -0.15) is 0 Å². The van der Waals surface area contributed by atoms with Crippen LogP contribution in [0.1, 0.15) is 70.3 Å². The molecule has 0 saturated carbocycles. The molecule has 0 N–H and O–H groups in total. The van der Waals surface area contributed by atoms with E-state index < -0.39 is 0 Å². The summed E-state index contributed by atoms with van der Waals surface area (Å²) in [5, 5.41) is 0. The monoisotopic (exact) mass is 303 g/mol. The summed E-state index contributed by atoms with van der Waals surface area (Å²) in [6, 6.07) is 10.8. The first-order valence-electron chi connectivity index (χ1n) is 8.96. The van der Waals surface area contributed by atoms with Gasteiger partial charge in [0, 0.05) is 20.5 Å². The largest absolute Gasteiger partial charge is 0.346 e. The Hall–Kier alpha value is -1.31. The van der Waals surface area contributed by atoms with Gasteiger partial charge in [0.25, 0.3) is 0 Å². The van der Waals surface area contributed by atoms with E-state index in [0.717, 1.165) is 13.0 Å². The number of benzene rings is 1. The molecule has 0 spiro atoms. The first kappa shape index (κ1) is 18.7. The number of hydrogen-bond donors (Lipinski definition) is 0. The number of hydrogen-bond acceptors (Lipinski definition) is 1. The Morgan fingerprint density at radius 3 is 1.86 bits per heavy atom. The summed E-state index contributed by atoms with van der Waals surface area (Å²) in [5.74, 6) is 0.176. The van der Waals surface area contributed by atoms with Crippen molar-refractivity contribution in [3.05, 3.63) is 35.9 Å². The fourth-order valence-electron chi connectivity index (χ4n) is 2.72. The summed E-state index contributed by atoms with van der Waals surface area (Å²) in [4.78, 5) is 12.9. The highest BCUT2D eigenvalue weighted by Crippen LogP contribution is 2.12. The molecule has 124 valence electrons. The lowest BCUT2D eigenvalue weighted by Crippen LogP contribution is -2.24. The first-order valence-corrected chi connectivity index (χ1v) is 8.96. The smallest absolute Gasteiger partial charge is 0.219 e. The van der Waals surface area contributed by atoms with E-state index >= 15 is 0 Å². The molecule has 22 heavy (non-hydrogen) atoms. The van der Waals surface area contributed by atoms with Crippen LogP contribution in [0.2, 0.25) is 0 Å². The van der Waals surface area contributed by atoms with Crippen molar-refractivity contribution in [1.82, 2.24) is 4.90 Å². The van der Waals surface area contributed by atoms with Crippen molar-refractivity contribution in [2.24, 2.45) is 0 Å². The molecule has 1 aromatic carbocycles. The second-order valence-corrected chi connectivity index (χ2v) is 6.36. The van der Waals surface area contributed by atoms with E-state index in [9.17, 15) is 4.79 Å². The lowest BCUT2D eigenvalue weighted by molar-refractivity contribution is -0.127. The van der Waals surface area contributed by atoms with Crippen molar-refractivity contribution in [3.8, 4) is 0 Å². The second kappa shape index (κ2) is 12.3. The maximum atomic E-state index is 11.1. The average molecular weight is 303 g/mol. The summed E-state index contributed by atoms with van der Waals surface area (Å²) in [6.45, 7) is 2.55. The average Bonchev–Trinajstić information content (AvgIpc) is 2.53. The molecule has 0 aliphatic carbocycles. The first-order chi connectivity index (χ1) is 10.7. The Labute approximate surface area is 136 Å². The van der Waals surface area contributed by atoms with Crippen LogP contribution >= 0.6 is 0 Å². The molecule has 1 amide bonds. The molecule has 0 heterocycles. The second-order valence-electron chi connectivity index (χ2n) is 6.36. The predicted octanol–water partition coefficient (Wildman–Crippen LogP) is 5.22. The molecule has 2 heteroatoms. The maximum Gasteiger partial charge on any atom is 0.219 e. The third-order valence-electron chi connectivity index (χ3n) is 4.34. The minimum Gasteiger partial charge on any atom is -0.346 e. The molecular weight excluding hydrogens is 270 g/mol. The van der Waals surface area contributed by atoms with Crippen LogP contribution in [0, 0.1) is 0 Å². The SMILES string of the molecule is CC(=O)N(C)CCCCCCCCCCCc1ccccc1. The van der Waals surface area contributed by atoms with Gasteiger partial charge in [0.1, 0.15) is 0 Å². The minimum atomic E-state index is 0.176. The van der Waals surface area contributed by atoms with Gasteiger partial charge in [-0.25, -0.2) is 0 Å². The third-order valence-corrected chi connectivity index (χ3v) is 4.34. The predicted molar refractivity (Wildman–Crippen MR) is 95.0 cm³/mol. The van der Waals surface area contributed by atoms with E-state index in [1.165, 1.54) is 63.4 Å². The van der Waals surface area contributed by atoms with Gasteiger partial charge in [-0.3, -0.25) is 4.79 Å². The summed E-state index contributed by atoms with van der Waals surface area (Å²) >= 11 is 0. The zero-order chi connectivity index (χ0) is 16.0. The molecule has 0 aromatic heterocycles. The van der Waals surface area contributed by atoms with Crippen molar-refractivity contribution in [2.45, 2.75) is 71.1 Å². The number of carbonyl (C=O) groups excluding carboxylic acids is 1. The van der Waals surface area contributed by atoms with Gasteiger partial charge in [0.2, 0.25) is 5.91 Å². The molecule has 0 bridgehead atoms. The Morgan fingerprint density at radius 1 is 0.818 bits per heavy atom.